The highest BCUT2D eigenvalue weighted by atomic mass is 32.2. The second kappa shape index (κ2) is 15.1. The van der Waals surface area contributed by atoms with E-state index in [0.29, 0.717) is 13.1 Å². The fraction of sp³-hybridized carbons (Fsp3) is 0.351. The summed E-state index contributed by atoms with van der Waals surface area (Å²) in [5, 5.41) is 0.873. The largest absolute Gasteiger partial charge is 0.489 e. The van der Waals surface area contributed by atoms with Crippen LogP contribution in [-0.4, -0.2) is 54.9 Å². The predicted molar refractivity (Wildman–Crippen MR) is 186 cm³/mol. The first-order valence-electron chi connectivity index (χ1n) is 16.0. The molecule has 5 aromatic rings. The average molecular weight is 659 g/mol. The summed E-state index contributed by atoms with van der Waals surface area (Å²) in [5.41, 5.74) is 4.35. The minimum Gasteiger partial charge on any atom is -0.489 e. The van der Waals surface area contributed by atoms with Crippen molar-refractivity contribution in [3.8, 4) is 17.1 Å². The summed E-state index contributed by atoms with van der Waals surface area (Å²) < 4.78 is 49.8. The number of nitrogens with zero attached hydrogens (tertiary/aromatic N) is 4. The molecule has 5 rings (SSSR count). The van der Waals surface area contributed by atoms with Crippen molar-refractivity contribution < 1.29 is 22.0 Å². The number of anilines is 2. The van der Waals surface area contributed by atoms with E-state index in [0.717, 1.165) is 75.6 Å². The Hall–Kier alpha value is -4.28. The van der Waals surface area contributed by atoms with Gasteiger partial charge in [-0.05, 0) is 91.6 Å². The molecule has 1 atom stereocenters. The van der Waals surface area contributed by atoms with Gasteiger partial charge in [-0.3, -0.25) is 4.90 Å². The van der Waals surface area contributed by atoms with Crippen molar-refractivity contribution in [3.05, 3.63) is 102 Å². The van der Waals surface area contributed by atoms with Crippen molar-refractivity contribution in [1.29, 1.82) is 0 Å². The minimum atomic E-state index is -3.08. The quantitative estimate of drug-likeness (QED) is 0.112. The van der Waals surface area contributed by atoms with Crippen LogP contribution in [0.25, 0.3) is 22.2 Å². The molecule has 3 aromatic carbocycles. The van der Waals surface area contributed by atoms with Gasteiger partial charge in [-0.15, -0.1) is 0 Å². The molecule has 0 N–H and O–H groups in total. The van der Waals surface area contributed by atoms with Crippen LogP contribution in [0.2, 0.25) is 0 Å². The van der Waals surface area contributed by atoms with Gasteiger partial charge in [-0.2, -0.15) is 0 Å². The minimum absolute atomic E-state index is 0.117. The molecule has 0 saturated heterocycles. The third-order valence-corrected chi connectivity index (χ3v) is 9.35. The summed E-state index contributed by atoms with van der Waals surface area (Å²) in [4.78, 5) is 13.4. The predicted octanol–water partition coefficient (Wildman–Crippen LogP) is 8.11. The molecule has 10 heteroatoms. The molecule has 2 aromatic heterocycles. The van der Waals surface area contributed by atoms with Gasteiger partial charge in [0.25, 0.3) is 0 Å². The molecule has 1 unspecified atom stereocenters. The second-order valence-electron chi connectivity index (χ2n) is 12.1. The number of hydrogen-bond acceptors (Lipinski definition) is 8. The molecule has 0 radical (unpaired) electrons. The van der Waals surface area contributed by atoms with E-state index in [2.05, 4.69) is 28.7 Å². The summed E-state index contributed by atoms with van der Waals surface area (Å²) in [6, 6.07) is 22.6. The fourth-order valence-electron chi connectivity index (χ4n) is 5.85. The molecule has 0 fully saturated rings. The maximum absolute atomic E-state index is 13.6. The van der Waals surface area contributed by atoms with E-state index < -0.39 is 9.84 Å². The molecule has 248 valence electrons. The highest BCUT2D eigenvalue weighted by Crippen LogP contribution is 2.34. The van der Waals surface area contributed by atoms with Gasteiger partial charge in [0.1, 0.15) is 51.7 Å². The maximum atomic E-state index is 13.6. The molecule has 0 aliphatic carbocycles. The molecule has 0 bridgehead atoms. The summed E-state index contributed by atoms with van der Waals surface area (Å²) in [5.74, 6) is 2.82. The van der Waals surface area contributed by atoms with Crippen molar-refractivity contribution in [1.82, 2.24) is 14.9 Å². The van der Waals surface area contributed by atoms with Crippen LogP contribution in [0.4, 0.5) is 15.9 Å². The molecule has 8 nitrogen and oxygen atoms in total. The molecule has 2 heterocycles. The Labute approximate surface area is 277 Å². The van der Waals surface area contributed by atoms with E-state index in [1.807, 2.05) is 73.5 Å². The topological polar surface area (TPSA) is 88.8 Å². The lowest BCUT2D eigenvalue weighted by atomic mass is 10.1. The standard InChI is InChI=1S/C37H43FN4O4S/c1-6-9-30(7-2)42(18-19-47(5,43)44)23-32-14-17-36(46-32)28-12-15-34-33(22-28)37(40-25-39-34)41(4)31-13-16-35(26(3)20-31)45-24-27-10-8-11-29(38)21-27/h8,10-17,20-22,25,30H,6-7,9,18-19,23-24H2,1-5H3. The first-order chi connectivity index (χ1) is 22.5. The molecular weight excluding hydrogens is 615 g/mol. The van der Waals surface area contributed by atoms with Crippen LogP contribution in [0.5, 0.6) is 5.75 Å². The monoisotopic (exact) mass is 658 g/mol. The average Bonchev–Trinajstić information content (AvgIpc) is 3.52. The highest BCUT2D eigenvalue weighted by Gasteiger charge is 2.20. The molecule has 0 aliphatic heterocycles. The van der Waals surface area contributed by atoms with Gasteiger partial charge in [0.05, 0.1) is 17.8 Å². The van der Waals surface area contributed by atoms with Gasteiger partial charge >= 0.3 is 0 Å². The summed E-state index contributed by atoms with van der Waals surface area (Å²) in [7, 11) is -1.12. The van der Waals surface area contributed by atoms with Crippen LogP contribution >= 0.6 is 0 Å². The van der Waals surface area contributed by atoms with E-state index in [9.17, 15) is 12.8 Å². The first kappa shape index (κ1) is 34.1. The van der Waals surface area contributed by atoms with Gasteiger partial charge < -0.3 is 14.1 Å². The SMILES string of the molecule is CCCC(CC)N(CCS(C)(=O)=O)Cc1ccc(-c2ccc3ncnc(N(C)c4ccc(OCc5cccc(F)c5)c(C)c4)c3c2)o1. The number of benzene rings is 3. The van der Waals surface area contributed by atoms with E-state index in [1.165, 1.54) is 18.4 Å². The Morgan fingerprint density at radius 3 is 2.55 bits per heavy atom. The molecule has 0 amide bonds. The van der Waals surface area contributed by atoms with Gasteiger partial charge in [-0.1, -0.05) is 32.4 Å². The van der Waals surface area contributed by atoms with Crippen molar-refractivity contribution in [3.63, 3.8) is 0 Å². The van der Waals surface area contributed by atoms with Gasteiger partial charge in [0.2, 0.25) is 0 Å². The summed E-state index contributed by atoms with van der Waals surface area (Å²) >= 11 is 0. The third-order valence-electron chi connectivity index (χ3n) is 8.43. The smallest absolute Gasteiger partial charge is 0.148 e. The number of sulfone groups is 1. The van der Waals surface area contributed by atoms with E-state index >= 15 is 0 Å². The zero-order valence-electron chi connectivity index (χ0n) is 27.7. The Morgan fingerprint density at radius 2 is 1.83 bits per heavy atom. The van der Waals surface area contributed by atoms with Gasteiger partial charge in [-0.25, -0.2) is 22.8 Å². The Balaban J connectivity index is 1.36. The number of furan rings is 1. The normalized spacial score (nSPS) is 12.5. The highest BCUT2D eigenvalue weighted by molar-refractivity contribution is 7.90. The molecule has 0 aliphatic rings. The van der Waals surface area contributed by atoms with Gasteiger partial charge in [0.15, 0.2) is 0 Å². The van der Waals surface area contributed by atoms with Crippen LogP contribution in [-0.2, 0) is 23.0 Å². The number of fused-ring (bicyclic) bond motifs is 1. The number of hydrogen-bond donors (Lipinski definition) is 0. The van der Waals surface area contributed by atoms with Crippen molar-refractivity contribution in [2.24, 2.45) is 0 Å². The van der Waals surface area contributed by atoms with Gasteiger partial charge in [0, 0.05) is 42.5 Å². The lowest BCUT2D eigenvalue weighted by Gasteiger charge is -2.30. The Kier molecular flexibility index (Phi) is 10.9. The zero-order chi connectivity index (χ0) is 33.6. The number of halogens is 1. The van der Waals surface area contributed by atoms with Crippen molar-refractivity contribution in [2.45, 2.75) is 59.2 Å². The van der Waals surface area contributed by atoms with Crippen LogP contribution in [0.15, 0.2) is 83.5 Å². The lowest BCUT2D eigenvalue weighted by molar-refractivity contribution is 0.169. The summed E-state index contributed by atoms with van der Waals surface area (Å²) in [6.45, 7) is 7.57. The number of ether oxygens (including phenoxy) is 1. The number of aryl methyl sites for hydroxylation is 1. The van der Waals surface area contributed by atoms with Crippen molar-refractivity contribution >= 4 is 32.2 Å². The van der Waals surface area contributed by atoms with Crippen molar-refractivity contribution in [2.75, 3.05) is 30.5 Å². The Morgan fingerprint density at radius 1 is 1.00 bits per heavy atom. The Bertz CT molecular complexity index is 1930. The van der Waals surface area contributed by atoms with Crippen LogP contribution in [0, 0.1) is 12.7 Å². The molecule has 0 spiro atoms. The first-order valence-corrected chi connectivity index (χ1v) is 18.1. The maximum Gasteiger partial charge on any atom is 0.148 e. The van der Waals surface area contributed by atoms with Crippen LogP contribution < -0.4 is 9.64 Å². The zero-order valence-corrected chi connectivity index (χ0v) is 28.6. The molecule has 47 heavy (non-hydrogen) atoms. The number of aromatic nitrogens is 2. The third kappa shape index (κ3) is 8.75. The molecular formula is C37H43FN4O4S. The van der Waals surface area contributed by atoms with Crippen LogP contribution in [0.3, 0.4) is 0 Å². The molecule has 0 saturated carbocycles. The van der Waals surface area contributed by atoms with Crippen LogP contribution in [0.1, 0.15) is 50.0 Å². The fourth-order valence-corrected chi connectivity index (χ4v) is 6.41. The second-order valence-corrected chi connectivity index (χ2v) is 14.3. The lowest BCUT2D eigenvalue weighted by Crippen LogP contribution is -2.37. The summed E-state index contributed by atoms with van der Waals surface area (Å²) in [6.07, 6.45) is 5.82. The van der Waals surface area contributed by atoms with E-state index in [1.54, 1.807) is 12.4 Å². The number of rotatable bonds is 15. The van der Waals surface area contributed by atoms with E-state index in [4.69, 9.17) is 9.15 Å². The van der Waals surface area contributed by atoms with E-state index in [-0.39, 0.29) is 24.2 Å².